The summed E-state index contributed by atoms with van der Waals surface area (Å²) in [7, 11) is 0. The van der Waals surface area contributed by atoms with Gasteiger partial charge in [0.1, 0.15) is 0 Å². The number of carbonyl (C=O) groups is 1. The van der Waals surface area contributed by atoms with E-state index in [2.05, 4.69) is 5.32 Å². The molecule has 3 heteroatoms. The first kappa shape index (κ1) is 10.1. The summed E-state index contributed by atoms with van der Waals surface area (Å²) in [4.78, 5) is 11.0. The second-order valence-electron chi connectivity index (χ2n) is 2.73. The van der Waals surface area contributed by atoms with Crippen molar-refractivity contribution in [1.82, 2.24) is 0 Å². The second-order valence-corrected chi connectivity index (χ2v) is 3.13. The van der Waals surface area contributed by atoms with E-state index in [0.717, 1.165) is 5.69 Å². The SMILES string of the molecule is CCC(=O)CNc1ccccc1Cl. The molecule has 0 spiro atoms. The van der Waals surface area contributed by atoms with Crippen LogP contribution in [-0.4, -0.2) is 12.3 Å². The van der Waals surface area contributed by atoms with E-state index in [1.165, 1.54) is 0 Å². The Morgan fingerprint density at radius 3 is 2.77 bits per heavy atom. The summed E-state index contributed by atoms with van der Waals surface area (Å²) < 4.78 is 0. The van der Waals surface area contributed by atoms with Crippen LogP contribution in [0.2, 0.25) is 5.02 Å². The van der Waals surface area contributed by atoms with Crippen molar-refractivity contribution in [2.75, 3.05) is 11.9 Å². The lowest BCUT2D eigenvalue weighted by molar-refractivity contribution is -0.117. The number of halogens is 1. The van der Waals surface area contributed by atoms with Crippen LogP contribution in [0.15, 0.2) is 24.3 Å². The zero-order chi connectivity index (χ0) is 9.68. The van der Waals surface area contributed by atoms with Gasteiger partial charge in [0, 0.05) is 6.42 Å². The topological polar surface area (TPSA) is 29.1 Å². The van der Waals surface area contributed by atoms with Gasteiger partial charge >= 0.3 is 0 Å². The number of ketones is 1. The van der Waals surface area contributed by atoms with E-state index in [0.29, 0.717) is 18.0 Å². The predicted octanol–water partition coefficient (Wildman–Crippen LogP) is 2.73. The van der Waals surface area contributed by atoms with Crippen LogP contribution in [0.4, 0.5) is 5.69 Å². The van der Waals surface area contributed by atoms with Gasteiger partial charge < -0.3 is 5.32 Å². The number of hydrogen-bond donors (Lipinski definition) is 1. The third-order valence-corrected chi connectivity index (χ3v) is 2.07. The summed E-state index contributed by atoms with van der Waals surface area (Å²) in [5, 5.41) is 3.63. The van der Waals surface area contributed by atoms with Gasteiger partial charge in [0.05, 0.1) is 17.3 Å². The number of para-hydroxylation sites is 1. The summed E-state index contributed by atoms with van der Waals surface area (Å²) in [6.07, 6.45) is 0.553. The van der Waals surface area contributed by atoms with Gasteiger partial charge in [-0.25, -0.2) is 0 Å². The van der Waals surface area contributed by atoms with Crippen molar-refractivity contribution < 1.29 is 4.79 Å². The minimum absolute atomic E-state index is 0.180. The molecule has 0 radical (unpaired) electrons. The maximum atomic E-state index is 11.0. The molecule has 0 aliphatic rings. The lowest BCUT2D eigenvalue weighted by Crippen LogP contribution is -2.12. The van der Waals surface area contributed by atoms with Crippen LogP contribution in [0.3, 0.4) is 0 Å². The first-order valence-corrected chi connectivity index (χ1v) is 4.62. The zero-order valence-corrected chi connectivity index (χ0v) is 8.27. The summed E-state index contributed by atoms with van der Waals surface area (Å²) in [5.41, 5.74) is 0.811. The molecule has 13 heavy (non-hydrogen) atoms. The average molecular weight is 198 g/mol. The Bertz CT molecular complexity index is 299. The van der Waals surface area contributed by atoms with Crippen molar-refractivity contribution in [3.8, 4) is 0 Å². The Balaban J connectivity index is 2.54. The van der Waals surface area contributed by atoms with Crippen LogP contribution in [-0.2, 0) is 4.79 Å². The molecule has 0 amide bonds. The van der Waals surface area contributed by atoms with Crippen molar-refractivity contribution in [3.63, 3.8) is 0 Å². The van der Waals surface area contributed by atoms with E-state index in [1.807, 2.05) is 25.1 Å². The summed E-state index contributed by atoms with van der Waals surface area (Å²) in [6, 6.07) is 7.38. The molecule has 2 nitrogen and oxygen atoms in total. The fourth-order valence-corrected chi connectivity index (χ4v) is 1.13. The number of nitrogens with one attached hydrogen (secondary N) is 1. The van der Waals surface area contributed by atoms with Crippen LogP contribution in [0.5, 0.6) is 0 Å². The highest BCUT2D eigenvalue weighted by molar-refractivity contribution is 6.33. The summed E-state index contributed by atoms with van der Waals surface area (Å²) in [6.45, 7) is 2.19. The van der Waals surface area contributed by atoms with Crippen molar-refractivity contribution in [2.45, 2.75) is 13.3 Å². The molecule has 0 fully saturated rings. The van der Waals surface area contributed by atoms with Crippen LogP contribution in [0.25, 0.3) is 0 Å². The quantitative estimate of drug-likeness (QED) is 0.804. The normalized spacial score (nSPS) is 9.69. The van der Waals surface area contributed by atoms with Gasteiger partial charge in [0.25, 0.3) is 0 Å². The Kier molecular flexibility index (Phi) is 3.77. The fourth-order valence-electron chi connectivity index (χ4n) is 0.923. The van der Waals surface area contributed by atoms with Gasteiger partial charge in [0.15, 0.2) is 5.78 Å². The molecule has 0 atom stereocenters. The first-order valence-electron chi connectivity index (χ1n) is 4.24. The number of anilines is 1. The van der Waals surface area contributed by atoms with Gasteiger partial charge in [0.2, 0.25) is 0 Å². The molecular formula is C10H12ClNO. The van der Waals surface area contributed by atoms with E-state index in [1.54, 1.807) is 6.07 Å². The van der Waals surface area contributed by atoms with E-state index in [9.17, 15) is 4.79 Å². The maximum absolute atomic E-state index is 11.0. The van der Waals surface area contributed by atoms with Crippen LogP contribution in [0, 0.1) is 0 Å². The zero-order valence-electron chi connectivity index (χ0n) is 7.51. The van der Waals surface area contributed by atoms with Crippen LogP contribution >= 0.6 is 11.6 Å². The molecule has 0 unspecified atom stereocenters. The van der Waals surface area contributed by atoms with Crippen molar-refractivity contribution in [3.05, 3.63) is 29.3 Å². The van der Waals surface area contributed by atoms with Gasteiger partial charge in [-0.15, -0.1) is 0 Å². The molecule has 1 rings (SSSR count). The molecule has 70 valence electrons. The maximum Gasteiger partial charge on any atom is 0.151 e. The Morgan fingerprint density at radius 2 is 2.15 bits per heavy atom. The van der Waals surface area contributed by atoms with Gasteiger partial charge in [-0.05, 0) is 12.1 Å². The molecule has 0 aliphatic carbocycles. The molecule has 0 bridgehead atoms. The smallest absolute Gasteiger partial charge is 0.151 e. The van der Waals surface area contributed by atoms with Crippen molar-refractivity contribution >= 4 is 23.1 Å². The van der Waals surface area contributed by atoms with E-state index >= 15 is 0 Å². The first-order chi connectivity index (χ1) is 6.24. The molecule has 1 aromatic carbocycles. The highest BCUT2D eigenvalue weighted by Crippen LogP contribution is 2.19. The highest BCUT2D eigenvalue weighted by Gasteiger charge is 2.00. The molecule has 0 heterocycles. The van der Waals surface area contributed by atoms with Crippen LogP contribution in [0.1, 0.15) is 13.3 Å². The standard InChI is InChI=1S/C10H12ClNO/c1-2-8(13)7-12-10-6-4-3-5-9(10)11/h3-6,12H,2,7H2,1H3. The lowest BCUT2D eigenvalue weighted by Gasteiger charge is -2.05. The van der Waals surface area contributed by atoms with E-state index in [-0.39, 0.29) is 5.78 Å². The lowest BCUT2D eigenvalue weighted by atomic mass is 10.3. The van der Waals surface area contributed by atoms with Crippen molar-refractivity contribution in [1.29, 1.82) is 0 Å². The summed E-state index contributed by atoms with van der Waals surface area (Å²) in [5.74, 6) is 0.180. The Labute approximate surface area is 82.9 Å². The van der Waals surface area contributed by atoms with Crippen molar-refractivity contribution in [2.24, 2.45) is 0 Å². The number of Topliss-reactive ketones (excluding diaryl/α,β-unsaturated/α-hetero) is 1. The third kappa shape index (κ3) is 3.07. The van der Waals surface area contributed by atoms with Gasteiger partial charge in [-0.2, -0.15) is 0 Å². The molecule has 0 saturated heterocycles. The molecule has 1 aromatic rings. The number of benzene rings is 1. The molecule has 0 aromatic heterocycles. The number of rotatable bonds is 4. The van der Waals surface area contributed by atoms with Gasteiger partial charge in [-0.1, -0.05) is 30.7 Å². The van der Waals surface area contributed by atoms with E-state index < -0.39 is 0 Å². The monoisotopic (exact) mass is 197 g/mol. The fraction of sp³-hybridized carbons (Fsp3) is 0.300. The van der Waals surface area contributed by atoms with E-state index in [4.69, 9.17) is 11.6 Å². The molecule has 0 aliphatic heterocycles. The molecule has 0 saturated carbocycles. The van der Waals surface area contributed by atoms with Crippen LogP contribution < -0.4 is 5.32 Å². The molecular weight excluding hydrogens is 186 g/mol. The third-order valence-electron chi connectivity index (χ3n) is 1.74. The number of carbonyl (C=O) groups excluding carboxylic acids is 1. The Hall–Kier alpha value is -1.02. The van der Waals surface area contributed by atoms with Gasteiger partial charge in [-0.3, -0.25) is 4.79 Å². The minimum Gasteiger partial charge on any atom is -0.377 e. The highest BCUT2D eigenvalue weighted by atomic mass is 35.5. The molecule has 1 N–H and O–H groups in total. The largest absolute Gasteiger partial charge is 0.377 e. The Morgan fingerprint density at radius 1 is 1.46 bits per heavy atom. The summed E-state index contributed by atoms with van der Waals surface area (Å²) >= 11 is 5.88. The number of hydrogen-bond acceptors (Lipinski definition) is 2. The average Bonchev–Trinajstić information content (AvgIpc) is 2.16. The second kappa shape index (κ2) is 4.87. The minimum atomic E-state index is 0.180. The predicted molar refractivity (Wildman–Crippen MR) is 55.2 cm³/mol.